The van der Waals surface area contributed by atoms with E-state index in [1.54, 1.807) is 18.2 Å². The van der Waals surface area contributed by atoms with E-state index in [1.165, 1.54) is 23.9 Å². The Labute approximate surface area is 123 Å². The van der Waals surface area contributed by atoms with Crippen LogP contribution in [0.3, 0.4) is 0 Å². The fourth-order valence-corrected chi connectivity index (χ4v) is 2.83. The van der Waals surface area contributed by atoms with Crippen LogP contribution in [-0.2, 0) is 16.6 Å². The second-order valence-electron chi connectivity index (χ2n) is 4.34. The van der Waals surface area contributed by atoms with Gasteiger partial charge in [-0.3, -0.25) is 0 Å². The SMILES string of the molecule is CN(Cc1cccc(C#CCO)c1)S(=O)(=O)c1cnc[nH]1. The standard InChI is InChI=1S/C14H15N3O3S/c1-17(21(19,20)14-9-15-11-16-14)10-13-5-2-4-12(8-13)6-3-7-18/h2,4-5,8-9,11,18H,7,10H2,1H3,(H,15,16). The summed E-state index contributed by atoms with van der Waals surface area (Å²) in [7, 11) is -2.08. The second kappa shape index (κ2) is 6.54. The lowest BCUT2D eigenvalue weighted by Gasteiger charge is -2.16. The van der Waals surface area contributed by atoms with Crippen LogP contribution >= 0.6 is 0 Å². The molecule has 0 fully saturated rings. The molecule has 6 nitrogen and oxygen atoms in total. The summed E-state index contributed by atoms with van der Waals surface area (Å²) >= 11 is 0. The van der Waals surface area contributed by atoms with E-state index in [4.69, 9.17) is 5.11 Å². The molecule has 2 rings (SSSR count). The molecule has 0 saturated carbocycles. The Kier molecular flexibility index (Phi) is 4.75. The van der Waals surface area contributed by atoms with Crippen LogP contribution in [-0.4, -0.2) is 41.5 Å². The van der Waals surface area contributed by atoms with E-state index in [1.807, 2.05) is 6.07 Å². The summed E-state index contributed by atoms with van der Waals surface area (Å²) in [6, 6.07) is 7.22. The maximum atomic E-state index is 12.2. The van der Waals surface area contributed by atoms with Gasteiger partial charge in [0.25, 0.3) is 10.0 Å². The molecule has 7 heteroatoms. The van der Waals surface area contributed by atoms with Gasteiger partial charge in [0.1, 0.15) is 6.61 Å². The molecule has 0 unspecified atom stereocenters. The van der Waals surface area contributed by atoms with Gasteiger partial charge in [-0.15, -0.1) is 0 Å². The van der Waals surface area contributed by atoms with Crippen LogP contribution in [0.4, 0.5) is 0 Å². The van der Waals surface area contributed by atoms with Crippen LogP contribution in [0.15, 0.2) is 41.8 Å². The summed E-state index contributed by atoms with van der Waals surface area (Å²) < 4.78 is 25.7. The molecule has 0 atom stereocenters. The van der Waals surface area contributed by atoms with Crippen LogP contribution in [0.5, 0.6) is 0 Å². The Morgan fingerprint density at radius 1 is 1.43 bits per heavy atom. The molecule has 0 aliphatic carbocycles. The third-order valence-corrected chi connectivity index (χ3v) is 4.53. The van der Waals surface area contributed by atoms with Gasteiger partial charge in [-0.1, -0.05) is 24.0 Å². The summed E-state index contributed by atoms with van der Waals surface area (Å²) in [5, 5.41) is 8.74. The molecule has 1 heterocycles. The zero-order valence-electron chi connectivity index (χ0n) is 11.4. The lowest BCUT2D eigenvalue weighted by molar-refractivity contribution is 0.350. The van der Waals surface area contributed by atoms with Gasteiger partial charge in [0, 0.05) is 19.2 Å². The maximum Gasteiger partial charge on any atom is 0.260 e. The predicted octanol–water partition coefficient (Wildman–Crippen LogP) is 0.574. The number of hydrogen-bond acceptors (Lipinski definition) is 4. The van der Waals surface area contributed by atoms with Crippen molar-refractivity contribution in [3.8, 4) is 11.8 Å². The first-order valence-corrected chi connectivity index (χ1v) is 7.61. The number of aliphatic hydroxyl groups excluding tert-OH is 1. The molecule has 0 bridgehead atoms. The maximum absolute atomic E-state index is 12.2. The second-order valence-corrected chi connectivity index (χ2v) is 6.35. The highest BCUT2D eigenvalue weighted by Gasteiger charge is 2.22. The van der Waals surface area contributed by atoms with Crippen molar-refractivity contribution in [2.45, 2.75) is 11.6 Å². The lowest BCUT2D eigenvalue weighted by atomic mass is 10.1. The molecule has 0 saturated heterocycles. The van der Waals surface area contributed by atoms with Crippen molar-refractivity contribution in [1.82, 2.24) is 14.3 Å². The third kappa shape index (κ3) is 3.70. The van der Waals surface area contributed by atoms with Crippen molar-refractivity contribution >= 4 is 10.0 Å². The van der Waals surface area contributed by atoms with Crippen molar-refractivity contribution in [2.24, 2.45) is 0 Å². The largest absolute Gasteiger partial charge is 0.384 e. The first-order chi connectivity index (χ1) is 10.0. The lowest BCUT2D eigenvalue weighted by Crippen LogP contribution is -2.26. The number of rotatable bonds is 4. The van der Waals surface area contributed by atoms with Gasteiger partial charge >= 0.3 is 0 Å². The molecule has 2 N–H and O–H groups in total. The number of H-pyrrole nitrogens is 1. The van der Waals surface area contributed by atoms with Crippen molar-refractivity contribution < 1.29 is 13.5 Å². The number of imidazole rings is 1. The van der Waals surface area contributed by atoms with E-state index >= 15 is 0 Å². The van der Waals surface area contributed by atoms with Crippen LogP contribution in [0, 0.1) is 11.8 Å². The highest BCUT2D eigenvalue weighted by molar-refractivity contribution is 7.89. The van der Waals surface area contributed by atoms with Crippen LogP contribution in [0.2, 0.25) is 0 Å². The minimum Gasteiger partial charge on any atom is -0.384 e. The minimum atomic E-state index is -3.58. The Morgan fingerprint density at radius 3 is 2.90 bits per heavy atom. The van der Waals surface area contributed by atoms with E-state index in [-0.39, 0.29) is 18.2 Å². The number of hydrogen-bond donors (Lipinski definition) is 2. The number of nitrogens with zero attached hydrogens (tertiary/aromatic N) is 2. The van der Waals surface area contributed by atoms with E-state index < -0.39 is 10.0 Å². The monoisotopic (exact) mass is 305 g/mol. The van der Waals surface area contributed by atoms with Crippen LogP contribution in [0.25, 0.3) is 0 Å². The van der Waals surface area contributed by atoms with Gasteiger partial charge in [-0.05, 0) is 17.7 Å². The zero-order valence-corrected chi connectivity index (χ0v) is 12.3. The molecular formula is C14H15N3O3S. The number of aliphatic hydroxyl groups is 1. The minimum absolute atomic E-state index is 0.0567. The van der Waals surface area contributed by atoms with Crippen molar-refractivity contribution in [3.05, 3.63) is 47.9 Å². The highest BCUT2D eigenvalue weighted by Crippen LogP contribution is 2.14. The normalized spacial score (nSPS) is 11.2. The van der Waals surface area contributed by atoms with Gasteiger partial charge < -0.3 is 10.1 Å². The van der Waals surface area contributed by atoms with E-state index in [0.717, 1.165) is 11.1 Å². The summed E-state index contributed by atoms with van der Waals surface area (Å²) in [5.74, 6) is 5.35. The summed E-state index contributed by atoms with van der Waals surface area (Å²) in [6.07, 6.45) is 2.60. The van der Waals surface area contributed by atoms with E-state index in [9.17, 15) is 8.42 Å². The van der Waals surface area contributed by atoms with Crippen LogP contribution in [0.1, 0.15) is 11.1 Å². The van der Waals surface area contributed by atoms with Gasteiger partial charge in [0.15, 0.2) is 5.03 Å². The van der Waals surface area contributed by atoms with Crippen molar-refractivity contribution in [3.63, 3.8) is 0 Å². The fourth-order valence-electron chi connectivity index (χ4n) is 1.78. The quantitative estimate of drug-likeness (QED) is 0.809. The number of sulfonamides is 1. The molecule has 1 aromatic carbocycles. The van der Waals surface area contributed by atoms with Gasteiger partial charge in [0.05, 0.1) is 12.5 Å². The molecule has 0 amide bonds. The average molecular weight is 305 g/mol. The first-order valence-electron chi connectivity index (χ1n) is 6.17. The molecular weight excluding hydrogens is 290 g/mol. The molecule has 0 aliphatic rings. The van der Waals surface area contributed by atoms with Crippen molar-refractivity contribution in [2.75, 3.05) is 13.7 Å². The Hall–Kier alpha value is -2.14. The Bertz CT molecular complexity index is 758. The summed E-state index contributed by atoms with van der Waals surface area (Å²) in [6.45, 7) is 0.00827. The van der Waals surface area contributed by atoms with E-state index in [0.29, 0.717) is 0 Å². The third-order valence-electron chi connectivity index (χ3n) is 2.81. The molecule has 1 aromatic heterocycles. The number of nitrogens with one attached hydrogen (secondary N) is 1. The Morgan fingerprint density at radius 2 is 2.24 bits per heavy atom. The predicted molar refractivity (Wildman–Crippen MR) is 77.6 cm³/mol. The van der Waals surface area contributed by atoms with Crippen molar-refractivity contribution in [1.29, 1.82) is 0 Å². The molecule has 0 radical (unpaired) electrons. The van der Waals surface area contributed by atoms with Gasteiger partial charge in [-0.25, -0.2) is 13.4 Å². The summed E-state index contributed by atoms with van der Waals surface area (Å²) in [4.78, 5) is 6.31. The van der Waals surface area contributed by atoms with Gasteiger partial charge in [-0.2, -0.15) is 4.31 Å². The Balaban J connectivity index is 2.18. The molecule has 110 valence electrons. The number of benzene rings is 1. The average Bonchev–Trinajstić information content (AvgIpc) is 3.00. The summed E-state index contributed by atoms with van der Waals surface area (Å²) in [5.41, 5.74) is 1.54. The molecule has 0 spiro atoms. The molecule has 0 aliphatic heterocycles. The van der Waals surface area contributed by atoms with Gasteiger partial charge in [0.2, 0.25) is 0 Å². The first kappa shape index (κ1) is 15.3. The molecule has 2 aromatic rings. The number of aromatic nitrogens is 2. The smallest absolute Gasteiger partial charge is 0.260 e. The fraction of sp³-hybridized carbons (Fsp3) is 0.214. The number of aromatic amines is 1. The zero-order chi connectivity index (χ0) is 15.3. The molecule has 21 heavy (non-hydrogen) atoms. The van der Waals surface area contributed by atoms with Crippen LogP contribution < -0.4 is 0 Å². The van der Waals surface area contributed by atoms with E-state index in [2.05, 4.69) is 21.8 Å². The highest BCUT2D eigenvalue weighted by atomic mass is 32.2. The topological polar surface area (TPSA) is 86.3 Å².